The maximum Gasteiger partial charge on any atom is 0.270 e. The van der Waals surface area contributed by atoms with Crippen molar-refractivity contribution < 1.29 is 4.79 Å². The zero-order valence-electron chi connectivity index (χ0n) is 10.8. The molecule has 0 radical (unpaired) electrons. The van der Waals surface area contributed by atoms with Crippen molar-refractivity contribution in [3.63, 3.8) is 0 Å². The maximum atomic E-state index is 12.3. The fourth-order valence-corrected chi connectivity index (χ4v) is 2.27. The van der Waals surface area contributed by atoms with E-state index in [0.717, 1.165) is 11.0 Å². The lowest BCUT2D eigenvalue weighted by Gasteiger charge is -2.29. The van der Waals surface area contributed by atoms with Gasteiger partial charge in [0.15, 0.2) is 0 Å². The Morgan fingerprint density at radius 1 is 1.53 bits per heavy atom. The number of aromatic amines is 1. The van der Waals surface area contributed by atoms with Gasteiger partial charge in [0.25, 0.3) is 5.91 Å². The summed E-state index contributed by atoms with van der Waals surface area (Å²) in [5.74, 6) is 0.0487. The molecule has 1 atom stereocenters. The zero-order chi connectivity index (χ0) is 13.0. The Hall–Kier alpha value is -0.810. The number of H-pyrrole nitrogens is 1. The minimum absolute atomic E-state index is 0.0487. The molecule has 1 amide bonds. The van der Waals surface area contributed by atoms with E-state index < -0.39 is 0 Å². The molecule has 0 saturated carbocycles. The van der Waals surface area contributed by atoms with Crippen LogP contribution in [0.4, 0.5) is 0 Å². The van der Waals surface area contributed by atoms with Crippen LogP contribution in [0, 0.1) is 0 Å². The molecule has 0 aliphatic rings. The van der Waals surface area contributed by atoms with Gasteiger partial charge in [0.1, 0.15) is 5.69 Å². The summed E-state index contributed by atoms with van der Waals surface area (Å²) in [7, 11) is 4.03. The number of amides is 1. The molecule has 0 aliphatic heterocycles. The number of halogens is 1. The standard InChI is InChI=1S/C12H20BrN3O/c1-5-16(9(2)8-15(3)4)12(17)11-6-10(13)7-14-11/h6-7,9,14H,5,8H2,1-4H3. The van der Waals surface area contributed by atoms with E-state index in [4.69, 9.17) is 0 Å². The van der Waals surface area contributed by atoms with E-state index in [1.807, 2.05) is 32.0 Å². The van der Waals surface area contributed by atoms with Crippen molar-refractivity contribution in [1.82, 2.24) is 14.8 Å². The average Bonchev–Trinajstić information content (AvgIpc) is 2.64. The van der Waals surface area contributed by atoms with Crippen LogP contribution in [0.3, 0.4) is 0 Å². The van der Waals surface area contributed by atoms with Crippen LogP contribution in [-0.2, 0) is 0 Å². The van der Waals surface area contributed by atoms with Gasteiger partial charge < -0.3 is 14.8 Å². The summed E-state index contributed by atoms with van der Waals surface area (Å²) >= 11 is 3.34. The Bertz CT molecular complexity index is 376. The molecule has 1 aromatic heterocycles. The summed E-state index contributed by atoms with van der Waals surface area (Å²) in [4.78, 5) is 19.2. The minimum atomic E-state index is 0.0487. The first-order chi connectivity index (χ1) is 7.95. The predicted molar refractivity (Wildman–Crippen MR) is 73.2 cm³/mol. The van der Waals surface area contributed by atoms with Gasteiger partial charge in [0.05, 0.1) is 0 Å². The fraction of sp³-hybridized carbons (Fsp3) is 0.583. The van der Waals surface area contributed by atoms with Crippen molar-refractivity contribution in [3.8, 4) is 0 Å². The predicted octanol–water partition coefficient (Wildman–Crippen LogP) is 2.19. The smallest absolute Gasteiger partial charge is 0.270 e. The summed E-state index contributed by atoms with van der Waals surface area (Å²) in [6.45, 7) is 5.65. The van der Waals surface area contributed by atoms with E-state index in [0.29, 0.717) is 12.2 Å². The number of carbonyl (C=O) groups excluding carboxylic acids is 1. The SMILES string of the molecule is CCN(C(=O)c1cc(Br)c[nH]1)C(C)CN(C)C. The maximum absolute atomic E-state index is 12.3. The number of hydrogen-bond donors (Lipinski definition) is 1. The molecule has 4 nitrogen and oxygen atoms in total. The first kappa shape index (κ1) is 14.3. The van der Waals surface area contributed by atoms with Gasteiger partial charge in [-0.2, -0.15) is 0 Å². The first-order valence-electron chi connectivity index (χ1n) is 5.75. The van der Waals surface area contributed by atoms with Crippen LogP contribution in [0.1, 0.15) is 24.3 Å². The topological polar surface area (TPSA) is 39.3 Å². The molecule has 0 bridgehead atoms. The second kappa shape index (κ2) is 6.21. The van der Waals surface area contributed by atoms with Gasteiger partial charge in [-0.3, -0.25) is 4.79 Å². The molecule has 1 rings (SSSR count). The molecule has 0 saturated heterocycles. The fourth-order valence-electron chi connectivity index (χ4n) is 1.93. The summed E-state index contributed by atoms with van der Waals surface area (Å²) in [6.07, 6.45) is 1.78. The number of nitrogens with zero attached hydrogens (tertiary/aromatic N) is 2. The lowest BCUT2D eigenvalue weighted by atomic mass is 10.2. The lowest BCUT2D eigenvalue weighted by Crippen LogP contribution is -2.43. The highest BCUT2D eigenvalue weighted by Gasteiger charge is 2.21. The third kappa shape index (κ3) is 3.85. The van der Waals surface area contributed by atoms with Gasteiger partial charge in [0.2, 0.25) is 0 Å². The molecular weight excluding hydrogens is 282 g/mol. The van der Waals surface area contributed by atoms with Crippen LogP contribution in [0.25, 0.3) is 0 Å². The van der Waals surface area contributed by atoms with Crippen molar-refractivity contribution in [3.05, 3.63) is 22.4 Å². The molecule has 1 heterocycles. The van der Waals surface area contributed by atoms with E-state index in [-0.39, 0.29) is 11.9 Å². The molecule has 0 aromatic carbocycles. The van der Waals surface area contributed by atoms with Gasteiger partial charge in [-0.25, -0.2) is 0 Å². The second-order valence-corrected chi connectivity index (χ2v) is 5.35. The number of likely N-dealkylation sites (N-methyl/N-ethyl adjacent to an activating group) is 2. The molecule has 1 aromatic rings. The van der Waals surface area contributed by atoms with Gasteiger partial charge in [-0.1, -0.05) is 0 Å². The van der Waals surface area contributed by atoms with Crippen LogP contribution in [-0.4, -0.2) is 53.9 Å². The van der Waals surface area contributed by atoms with Crippen molar-refractivity contribution in [1.29, 1.82) is 0 Å². The number of hydrogen-bond acceptors (Lipinski definition) is 2. The minimum Gasteiger partial charge on any atom is -0.356 e. The Labute approximate surface area is 111 Å². The largest absolute Gasteiger partial charge is 0.356 e. The molecule has 1 unspecified atom stereocenters. The van der Waals surface area contributed by atoms with Crippen LogP contribution in [0.2, 0.25) is 0 Å². The van der Waals surface area contributed by atoms with Gasteiger partial charge in [-0.05, 0) is 49.9 Å². The number of rotatable bonds is 5. The van der Waals surface area contributed by atoms with Crippen LogP contribution >= 0.6 is 15.9 Å². The third-order valence-electron chi connectivity index (χ3n) is 2.64. The van der Waals surface area contributed by atoms with Crippen molar-refractivity contribution in [2.75, 3.05) is 27.2 Å². The van der Waals surface area contributed by atoms with E-state index in [1.54, 1.807) is 6.20 Å². The Morgan fingerprint density at radius 3 is 2.59 bits per heavy atom. The quantitative estimate of drug-likeness (QED) is 0.905. The Balaban J connectivity index is 2.76. The van der Waals surface area contributed by atoms with E-state index in [2.05, 4.69) is 32.7 Å². The third-order valence-corrected chi connectivity index (χ3v) is 3.10. The molecule has 96 valence electrons. The van der Waals surface area contributed by atoms with Gasteiger partial charge in [0, 0.05) is 29.8 Å². The number of carbonyl (C=O) groups is 1. The summed E-state index contributed by atoms with van der Waals surface area (Å²) in [6, 6.07) is 2.01. The summed E-state index contributed by atoms with van der Waals surface area (Å²) in [5.41, 5.74) is 0.629. The molecular formula is C12H20BrN3O. The molecule has 1 N–H and O–H groups in total. The van der Waals surface area contributed by atoms with Gasteiger partial charge >= 0.3 is 0 Å². The highest BCUT2D eigenvalue weighted by molar-refractivity contribution is 9.10. The van der Waals surface area contributed by atoms with Crippen LogP contribution in [0.15, 0.2) is 16.7 Å². The lowest BCUT2D eigenvalue weighted by molar-refractivity contribution is 0.0673. The van der Waals surface area contributed by atoms with E-state index >= 15 is 0 Å². The molecule has 0 fully saturated rings. The normalized spacial score (nSPS) is 12.8. The Kier molecular flexibility index (Phi) is 5.21. The van der Waals surface area contributed by atoms with Crippen molar-refractivity contribution >= 4 is 21.8 Å². The summed E-state index contributed by atoms with van der Waals surface area (Å²) in [5, 5.41) is 0. The van der Waals surface area contributed by atoms with E-state index in [1.165, 1.54) is 0 Å². The van der Waals surface area contributed by atoms with Crippen LogP contribution < -0.4 is 0 Å². The highest BCUT2D eigenvalue weighted by Crippen LogP contribution is 2.14. The Morgan fingerprint density at radius 2 is 2.18 bits per heavy atom. The second-order valence-electron chi connectivity index (χ2n) is 4.43. The number of nitrogens with one attached hydrogen (secondary N) is 1. The monoisotopic (exact) mass is 301 g/mol. The molecule has 5 heteroatoms. The molecule has 0 aliphatic carbocycles. The van der Waals surface area contributed by atoms with Crippen LogP contribution in [0.5, 0.6) is 0 Å². The highest BCUT2D eigenvalue weighted by atomic mass is 79.9. The zero-order valence-corrected chi connectivity index (χ0v) is 12.4. The van der Waals surface area contributed by atoms with Crippen molar-refractivity contribution in [2.45, 2.75) is 19.9 Å². The summed E-state index contributed by atoms with van der Waals surface area (Å²) < 4.78 is 0.900. The van der Waals surface area contributed by atoms with E-state index in [9.17, 15) is 4.79 Å². The van der Waals surface area contributed by atoms with Crippen molar-refractivity contribution in [2.24, 2.45) is 0 Å². The average molecular weight is 302 g/mol. The van der Waals surface area contributed by atoms with Gasteiger partial charge in [-0.15, -0.1) is 0 Å². The number of aromatic nitrogens is 1. The first-order valence-corrected chi connectivity index (χ1v) is 6.54. The molecule has 0 spiro atoms. The molecule has 17 heavy (non-hydrogen) atoms.